The second-order valence-corrected chi connectivity index (χ2v) is 15.4. The molecule has 4 aromatic heterocycles. The number of aryl methyl sites for hydroxylation is 1. The van der Waals surface area contributed by atoms with Gasteiger partial charge in [-0.2, -0.15) is 4.98 Å². The normalized spacial score (nSPS) is 11.2. The minimum absolute atomic E-state index is 0.0747. The van der Waals surface area contributed by atoms with Crippen molar-refractivity contribution in [2.24, 2.45) is 0 Å². The number of nitrogens with zero attached hydrogens (tertiary/aromatic N) is 4. The number of anilines is 3. The molecular formula is C48H45N7O7S2. The van der Waals surface area contributed by atoms with Gasteiger partial charge in [-0.05, 0) is 106 Å². The van der Waals surface area contributed by atoms with Crippen LogP contribution in [0.3, 0.4) is 0 Å². The fraction of sp³-hybridized carbons (Fsp3) is 0.167. The summed E-state index contributed by atoms with van der Waals surface area (Å²) in [6.07, 6.45) is 3.12. The SMILES string of the molecule is CCN(CC)c1ccc(NC(=O)c2cccc(C)c2)cc1.O=C(Nc1ccc2c(c1)OCCO2)C(=S)NCc1ccco1.c1ccc(-c2nc(-c3ccc(-c4ccon4)s3)no2)cc1. The average molecular weight is 896 g/mol. The fourth-order valence-electron chi connectivity index (χ4n) is 6.26. The molecule has 0 spiro atoms. The summed E-state index contributed by atoms with van der Waals surface area (Å²) in [5.41, 5.74) is 6.06. The first-order valence-corrected chi connectivity index (χ1v) is 21.6. The Morgan fingerprint density at radius 3 is 2.23 bits per heavy atom. The molecular weight excluding hydrogens is 851 g/mol. The summed E-state index contributed by atoms with van der Waals surface area (Å²) >= 11 is 6.59. The Hall–Kier alpha value is -7.56. The highest BCUT2D eigenvalue weighted by Gasteiger charge is 2.16. The highest BCUT2D eigenvalue weighted by molar-refractivity contribution is 7.82. The molecule has 0 fully saturated rings. The molecule has 64 heavy (non-hydrogen) atoms. The van der Waals surface area contributed by atoms with Crippen LogP contribution in [0.15, 0.2) is 153 Å². The number of thiophene rings is 1. The molecule has 0 radical (unpaired) electrons. The summed E-state index contributed by atoms with van der Waals surface area (Å²) in [6, 6.07) is 39.8. The first-order chi connectivity index (χ1) is 31.3. The lowest BCUT2D eigenvalue weighted by atomic mass is 10.1. The Bertz CT molecular complexity index is 2730. The van der Waals surface area contributed by atoms with E-state index in [-0.39, 0.29) is 10.9 Å². The van der Waals surface area contributed by atoms with E-state index in [0.29, 0.717) is 60.0 Å². The van der Waals surface area contributed by atoms with Crippen molar-refractivity contribution >= 4 is 57.4 Å². The topological polar surface area (TPSA) is 170 Å². The summed E-state index contributed by atoms with van der Waals surface area (Å²) in [4.78, 5) is 32.9. The average Bonchev–Trinajstić information content (AvgIpc) is 4.19. The molecule has 0 saturated heterocycles. The van der Waals surface area contributed by atoms with E-state index in [4.69, 9.17) is 35.2 Å². The first kappa shape index (κ1) is 44.5. The fourth-order valence-corrected chi connectivity index (χ4v) is 7.28. The Labute approximate surface area is 379 Å². The number of benzene rings is 4. The van der Waals surface area contributed by atoms with Gasteiger partial charge in [0.2, 0.25) is 5.82 Å². The van der Waals surface area contributed by atoms with Gasteiger partial charge in [0.05, 0.1) is 22.6 Å². The van der Waals surface area contributed by atoms with Crippen LogP contribution in [-0.4, -0.2) is 58.4 Å². The number of furan rings is 1. The van der Waals surface area contributed by atoms with Gasteiger partial charge in [-0.25, -0.2) is 0 Å². The number of carbonyl (C=O) groups is 2. The molecule has 1 aliphatic heterocycles. The summed E-state index contributed by atoms with van der Waals surface area (Å²) in [6.45, 7) is 9.59. The number of fused-ring (bicyclic) bond motifs is 1. The van der Waals surface area contributed by atoms with Crippen molar-refractivity contribution in [1.82, 2.24) is 20.6 Å². The zero-order chi connectivity index (χ0) is 44.7. The number of hydrogen-bond donors (Lipinski definition) is 3. The smallest absolute Gasteiger partial charge is 0.283 e. The van der Waals surface area contributed by atoms with Gasteiger partial charge in [0.25, 0.3) is 17.7 Å². The van der Waals surface area contributed by atoms with E-state index in [1.807, 2.05) is 104 Å². The van der Waals surface area contributed by atoms with Gasteiger partial charge in [-0.1, -0.05) is 58.4 Å². The molecule has 0 saturated carbocycles. The third-order valence-electron chi connectivity index (χ3n) is 9.51. The zero-order valence-corrected chi connectivity index (χ0v) is 36.9. The number of carbonyl (C=O) groups excluding carboxylic acids is 2. The lowest BCUT2D eigenvalue weighted by Crippen LogP contribution is -2.33. The van der Waals surface area contributed by atoms with Crippen LogP contribution in [0.5, 0.6) is 11.5 Å². The maximum atomic E-state index is 12.2. The molecule has 1 aliphatic rings. The molecule has 2 amide bonds. The Kier molecular flexibility index (Phi) is 15.3. The molecule has 8 aromatic rings. The standard InChI is InChI=1S/C18H22N2O.C15H9N3O2S.C15H14N2O4S/c1-4-20(5-2)17-11-9-16(10-12-17)19-18(21)15-8-6-7-14(3)13-15;1-2-4-10(5-3-1)15-16-14(18-20-15)13-7-6-12(21-13)11-8-9-19-17-11;18-14(15(22)16-9-11-2-1-5-19-11)17-10-3-4-12-13(8-10)21-7-6-20-12/h6-13H,4-5H2,1-3H3,(H,19,21);1-9H;1-5,8H,6-7,9H2,(H,16,22)(H,17,18). The number of nitrogens with one attached hydrogen (secondary N) is 3. The molecule has 16 heteroatoms. The minimum atomic E-state index is -0.391. The molecule has 9 rings (SSSR count). The summed E-state index contributed by atoms with van der Waals surface area (Å²) < 4.78 is 26.2. The first-order valence-electron chi connectivity index (χ1n) is 20.4. The van der Waals surface area contributed by atoms with Gasteiger partial charge in [0.15, 0.2) is 16.5 Å². The molecule has 0 unspecified atom stereocenters. The van der Waals surface area contributed by atoms with Gasteiger partial charge in [-0.3, -0.25) is 9.59 Å². The van der Waals surface area contributed by atoms with Crippen LogP contribution in [0.1, 0.15) is 35.5 Å². The van der Waals surface area contributed by atoms with E-state index in [2.05, 4.69) is 50.0 Å². The van der Waals surface area contributed by atoms with Crippen molar-refractivity contribution < 1.29 is 32.5 Å². The molecule has 0 bridgehead atoms. The molecule has 5 heterocycles. The summed E-state index contributed by atoms with van der Waals surface area (Å²) in [7, 11) is 0. The van der Waals surface area contributed by atoms with Crippen molar-refractivity contribution in [3.63, 3.8) is 0 Å². The monoisotopic (exact) mass is 895 g/mol. The van der Waals surface area contributed by atoms with E-state index < -0.39 is 5.91 Å². The highest BCUT2D eigenvalue weighted by Crippen LogP contribution is 2.34. The number of amides is 2. The summed E-state index contributed by atoms with van der Waals surface area (Å²) in [5, 5.41) is 16.4. The van der Waals surface area contributed by atoms with Crippen LogP contribution < -0.4 is 30.3 Å². The van der Waals surface area contributed by atoms with Crippen LogP contribution in [0.2, 0.25) is 0 Å². The lowest BCUT2D eigenvalue weighted by Gasteiger charge is -2.21. The predicted molar refractivity (Wildman–Crippen MR) is 252 cm³/mol. The van der Waals surface area contributed by atoms with Gasteiger partial charge >= 0.3 is 0 Å². The molecule has 14 nitrogen and oxygen atoms in total. The van der Waals surface area contributed by atoms with Crippen LogP contribution in [-0.2, 0) is 11.3 Å². The van der Waals surface area contributed by atoms with E-state index in [1.165, 1.54) is 5.69 Å². The third kappa shape index (κ3) is 12.1. The number of aromatic nitrogens is 3. The number of thiocarbonyl (C=S) groups is 1. The van der Waals surface area contributed by atoms with Crippen molar-refractivity contribution in [3.8, 4) is 44.2 Å². The molecule has 0 aliphatic carbocycles. The lowest BCUT2D eigenvalue weighted by molar-refractivity contribution is -0.110. The maximum absolute atomic E-state index is 12.2. The van der Waals surface area contributed by atoms with E-state index >= 15 is 0 Å². The van der Waals surface area contributed by atoms with Crippen molar-refractivity contribution in [3.05, 3.63) is 157 Å². The van der Waals surface area contributed by atoms with Crippen molar-refractivity contribution in [1.29, 1.82) is 0 Å². The molecule has 326 valence electrons. The van der Waals surface area contributed by atoms with E-state index in [9.17, 15) is 9.59 Å². The second kappa shape index (κ2) is 22.0. The van der Waals surface area contributed by atoms with Gasteiger partial charge in [-0.15, -0.1) is 11.3 Å². The number of ether oxygens (including phenoxy) is 2. The quantitative estimate of drug-likeness (QED) is 0.105. The van der Waals surface area contributed by atoms with Crippen LogP contribution in [0, 0.1) is 6.92 Å². The minimum Gasteiger partial charge on any atom is -0.486 e. The molecule has 3 N–H and O–H groups in total. The number of rotatable bonds is 11. The Morgan fingerprint density at radius 1 is 0.750 bits per heavy atom. The van der Waals surface area contributed by atoms with Gasteiger partial charge in [0, 0.05) is 53.4 Å². The van der Waals surface area contributed by atoms with Crippen LogP contribution in [0.4, 0.5) is 17.1 Å². The predicted octanol–water partition coefficient (Wildman–Crippen LogP) is 10.3. The van der Waals surface area contributed by atoms with Gasteiger partial charge in [0.1, 0.15) is 30.9 Å². The largest absolute Gasteiger partial charge is 0.486 e. The maximum Gasteiger partial charge on any atom is 0.283 e. The zero-order valence-electron chi connectivity index (χ0n) is 35.3. The van der Waals surface area contributed by atoms with Crippen LogP contribution in [0.25, 0.3) is 32.7 Å². The molecule has 0 atom stereocenters. The molecule has 4 aromatic carbocycles. The van der Waals surface area contributed by atoms with Gasteiger partial charge < -0.3 is 43.8 Å². The Morgan fingerprint density at radius 2 is 1.52 bits per heavy atom. The van der Waals surface area contributed by atoms with E-state index in [0.717, 1.165) is 45.4 Å². The number of hydrogen-bond acceptors (Lipinski definition) is 13. The Balaban J connectivity index is 0.000000144. The van der Waals surface area contributed by atoms with E-state index in [1.54, 1.807) is 54.2 Å². The van der Waals surface area contributed by atoms with Crippen molar-refractivity contribution in [2.75, 3.05) is 41.8 Å². The highest BCUT2D eigenvalue weighted by atomic mass is 32.1. The second-order valence-electron chi connectivity index (χ2n) is 14.0. The van der Waals surface area contributed by atoms with Crippen LogP contribution >= 0.6 is 23.6 Å². The third-order valence-corrected chi connectivity index (χ3v) is 10.9. The van der Waals surface area contributed by atoms with Crippen molar-refractivity contribution in [2.45, 2.75) is 27.3 Å². The summed E-state index contributed by atoms with van der Waals surface area (Å²) in [5.74, 6) is 2.61.